The SMILES string of the molecule is CCc1ccc(C(Cc2ccc(OC)cc2)NN)cc1. The normalized spacial score (nSPS) is 12.2. The largest absolute Gasteiger partial charge is 0.497 e. The first-order valence-electron chi connectivity index (χ1n) is 6.94. The van der Waals surface area contributed by atoms with E-state index in [1.165, 1.54) is 16.7 Å². The molecule has 2 rings (SSSR count). The molecule has 0 saturated carbocycles. The lowest BCUT2D eigenvalue weighted by Gasteiger charge is -2.17. The van der Waals surface area contributed by atoms with Gasteiger partial charge in [0.1, 0.15) is 5.75 Å². The molecule has 0 amide bonds. The molecule has 0 bridgehead atoms. The minimum absolute atomic E-state index is 0.120. The number of ether oxygens (including phenoxy) is 1. The van der Waals surface area contributed by atoms with Crippen LogP contribution in [0, 0.1) is 0 Å². The van der Waals surface area contributed by atoms with Crippen molar-refractivity contribution < 1.29 is 4.74 Å². The molecule has 0 aliphatic carbocycles. The Morgan fingerprint density at radius 1 is 1.00 bits per heavy atom. The summed E-state index contributed by atoms with van der Waals surface area (Å²) in [7, 11) is 1.68. The Balaban J connectivity index is 2.10. The predicted molar refractivity (Wildman–Crippen MR) is 82.6 cm³/mol. The van der Waals surface area contributed by atoms with Crippen molar-refractivity contribution in [3.8, 4) is 5.75 Å². The Kier molecular flexibility index (Phi) is 5.16. The van der Waals surface area contributed by atoms with Crippen molar-refractivity contribution in [3.63, 3.8) is 0 Å². The smallest absolute Gasteiger partial charge is 0.118 e. The van der Waals surface area contributed by atoms with Gasteiger partial charge in [0, 0.05) is 6.04 Å². The van der Waals surface area contributed by atoms with Gasteiger partial charge in [0.05, 0.1) is 7.11 Å². The third kappa shape index (κ3) is 3.59. The van der Waals surface area contributed by atoms with E-state index in [-0.39, 0.29) is 6.04 Å². The predicted octanol–water partition coefficient (Wildman–Crippen LogP) is 3.00. The van der Waals surface area contributed by atoms with Crippen LogP contribution in [0.3, 0.4) is 0 Å². The van der Waals surface area contributed by atoms with Crippen LogP contribution >= 0.6 is 0 Å². The molecule has 0 spiro atoms. The quantitative estimate of drug-likeness (QED) is 0.626. The highest BCUT2D eigenvalue weighted by atomic mass is 16.5. The molecular formula is C17H22N2O. The van der Waals surface area contributed by atoms with Crippen LogP contribution in [0.25, 0.3) is 0 Å². The highest BCUT2D eigenvalue weighted by molar-refractivity contribution is 5.30. The van der Waals surface area contributed by atoms with Gasteiger partial charge in [-0.2, -0.15) is 0 Å². The molecular weight excluding hydrogens is 248 g/mol. The summed E-state index contributed by atoms with van der Waals surface area (Å²) in [5.41, 5.74) is 6.68. The zero-order valence-corrected chi connectivity index (χ0v) is 12.1. The van der Waals surface area contributed by atoms with E-state index in [1.54, 1.807) is 7.11 Å². The Hall–Kier alpha value is -1.84. The van der Waals surface area contributed by atoms with Crippen LogP contribution in [0.2, 0.25) is 0 Å². The Bertz CT molecular complexity index is 520. The average Bonchev–Trinajstić information content (AvgIpc) is 2.53. The molecule has 2 aromatic rings. The van der Waals surface area contributed by atoms with E-state index < -0.39 is 0 Å². The van der Waals surface area contributed by atoms with Gasteiger partial charge in [-0.05, 0) is 41.7 Å². The van der Waals surface area contributed by atoms with E-state index in [2.05, 4.69) is 48.7 Å². The number of hydrogen-bond acceptors (Lipinski definition) is 3. The monoisotopic (exact) mass is 270 g/mol. The van der Waals surface area contributed by atoms with E-state index in [1.807, 2.05) is 12.1 Å². The topological polar surface area (TPSA) is 47.3 Å². The molecule has 0 heterocycles. The van der Waals surface area contributed by atoms with Crippen LogP contribution in [-0.2, 0) is 12.8 Å². The van der Waals surface area contributed by atoms with Crippen LogP contribution in [-0.4, -0.2) is 7.11 Å². The first-order chi connectivity index (χ1) is 9.76. The molecule has 20 heavy (non-hydrogen) atoms. The maximum absolute atomic E-state index is 5.70. The summed E-state index contributed by atoms with van der Waals surface area (Å²) >= 11 is 0. The molecule has 0 aliphatic heterocycles. The zero-order valence-electron chi connectivity index (χ0n) is 12.1. The van der Waals surface area contributed by atoms with Gasteiger partial charge in [-0.15, -0.1) is 0 Å². The molecule has 0 radical (unpaired) electrons. The van der Waals surface area contributed by atoms with Crippen molar-refractivity contribution in [2.45, 2.75) is 25.8 Å². The number of aryl methyl sites for hydroxylation is 1. The Morgan fingerprint density at radius 2 is 1.60 bits per heavy atom. The summed E-state index contributed by atoms with van der Waals surface area (Å²) in [6.07, 6.45) is 1.91. The number of nitrogens with two attached hydrogens (primary N) is 1. The van der Waals surface area contributed by atoms with Crippen molar-refractivity contribution in [2.75, 3.05) is 7.11 Å². The molecule has 0 fully saturated rings. The van der Waals surface area contributed by atoms with E-state index in [0.717, 1.165) is 18.6 Å². The molecule has 0 saturated heterocycles. The lowest BCUT2D eigenvalue weighted by Crippen LogP contribution is -2.29. The summed E-state index contributed by atoms with van der Waals surface area (Å²) in [5, 5.41) is 0. The molecule has 2 aromatic carbocycles. The lowest BCUT2D eigenvalue weighted by molar-refractivity contribution is 0.414. The Morgan fingerprint density at radius 3 is 2.10 bits per heavy atom. The molecule has 0 aromatic heterocycles. The van der Waals surface area contributed by atoms with E-state index in [4.69, 9.17) is 10.6 Å². The van der Waals surface area contributed by atoms with Crippen molar-refractivity contribution in [1.29, 1.82) is 0 Å². The maximum Gasteiger partial charge on any atom is 0.118 e. The second-order valence-corrected chi connectivity index (χ2v) is 4.87. The molecule has 3 nitrogen and oxygen atoms in total. The molecule has 1 atom stereocenters. The van der Waals surface area contributed by atoms with Gasteiger partial charge in [0.25, 0.3) is 0 Å². The fourth-order valence-corrected chi connectivity index (χ4v) is 2.26. The van der Waals surface area contributed by atoms with Crippen molar-refractivity contribution in [1.82, 2.24) is 5.43 Å². The van der Waals surface area contributed by atoms with Gasteiger partial charge in [0.15, 0.2) is 0 Å². The van der Waals surface area contributed by atoms with Crippen LogP contribution in [0.4, 0.5) is 0 Å². The number of hydrogen-bond donors (Lipinski definition) is 2. The van der Waals surface area contributed by atoms with Crippen LogP contribution in [0.5, 0.6) is 5.75 Å². The standard InChI is InChI=1S/C17H22N2O/c1-3-13-4-8-15(9-5-13)17(19-18)12-14-6-10-16(20-2)11-7-14/h4-11,17,19H,3,12,18H2,1-2H3. The summed E-state index contributed by atoms with van der Waals surface area (Å²) in [4.78, 5) is 0. The van der Waals surface area contributed by atoms with Gasteiger partial charge in [-0.25, -0.2) is 0 Å². The van der Waals surface area contributed by atoms with E-state index in [0.29, 0.717) is 0 Å². The highest BCUT2D eigenvalue weighted by Crippen LogP contribution is 2.20. The first kappa shape index (κ1) is 14.6. The van der Waals surface area contributed by atoms with Gasteiger partial charge in [0.2, 0.25) is 0 Å². The number of hydrazine groups is 1. The lowest BCUT2D eigenvalue weighted by atomic mass is 9.98. The van der Waals surface area contributed by atoms with Crippen LogP contribution in [0.15, 0.2) is 48.5 Å². The minimum atomic E-state index is 0.120. The average molecular weight is 270 g/mol. The summed E-state index contributed by atoms with van der Waals surface area (Å²) in [6.45, 7) is 2.16. The second-order valence-electron chi connectivity index (χ2n) is 4.87. The maximum atomic E-state index is 5.70. The highest BCUT2D eigenvalue weighted by Gasteiger charge is 2.10. The fourth-order valence-electron chi connectivity index (χ4n) is 2.26. The van der Waals surface area contributed by atoms with Gasteiger partial charge < -0.3 is 4.74 Å². The third-order valence-corrected chi connectivity index (χ3v) is 3.59. The fraction of sp³-hybridized carbons (Fsp3) is 0.294. The number of methoxy groups -OCH3 is 1. The van der Waals surface area contributed by atoms with Gasteiger partial charge in [-0.3, -0.25) is 11.3 Å². The number of nitrogens with one attached hydrogen (secondary N) is 1. The molecule has 3 N–H and O–H groups in total. The van der Waals surface area contributed by atoms with Crippen molar-refractivity contribution in [3.05, 3.63) is 65.2 Å². The third-order valence-electron chi connectivity index (χ3n) is 3.59. The minimum Gasteiger partial charge on any atom is -0.497 e. The van der Waals surface area contributed by atoms with E-state index in [9.17, 15) is 0 Å². The zero-order chi connectivity index (χ0) is 14.4. The summed E-state index contributed by atoms with van der Waals surface area (Å²) in [5.74, 6) is 6.58. The van der Waals surface area contributed by atoms with Gasteiger partial charge >= 0.3 is 0 Å². The van der Waals surface area contributed by atoms with Crippen LogP contribution in [0.1, 0.15) is 29.7 Å². The molecule has 106 valence electrons. The number of rotatable bonds is 6. The second kappa shape index (κ2) is 7.08. The van der Waals surface area contributed by atoms with Crippen molar-refractivity contribution in [2.24, 2.45) is 5.84 Å². The Labute approximate surface area is 120 Å². The molecule has 0 aliphatic rings. The summed E-state index contributed by atoms with van der Waals surface area (Å²) in [6, 6.07) is 16.8. The summed E-state index contributed by atoms with van der Waals surface area (Å²) < 4.78 is 5.17. The first-order valence-corrected chi connectivity index (χ1v) is 6.94. The van der Waals surface area contributed by atoms with Crippen molar-refractivity contribution >= 4 is 0 Å². The van der Waals surface area contributed by atoms with Gasteiger partial charge in [-0.1, -0.05) is 43.3 Å². The van der Waals surface area contributed by atoms with E-state index >= 15 is 0 Å². The molecule has 3 heteroatoms. The van der Waals surface area contributed by atoms with Crippen LogP contribution < -0.4 is 16.0 Å². The molecule has 1 unspecified atom stereocenters. The number of benzene rings is 2.